The van der Waals surface area contributed by atoms with Crippen LogP contribution < -0.4 is 29.7 Å². The van der Waals surface area contributed by atoms with Gasteiger partial charge in [-0.2, -0.15) is 0 Å². The Bertz CT molecular complexity index is 878. The molecule has 0 aliphatic carbocycles. The van der Waals surface area contributed by atoms with Crippen LogP contribution in [0.3, 0.4) is 0 Å². The van der Waals surface area contributed by atoms with Crippen LogP contribution in [0.15, 0.2) is 47.5 Å². The second-order valence-electron chi connectivity index (χ2n) is 7.56. The van der Waals surface area contributed by atoms with E-state index in [0.717, 1.165) is 61.4 Å². The molecule has 0 bridgehead atoms. The van der Waals surface area contributed by atoms with Crippen molar-refractivity contribution in [2.75, 3.05) is 52.4 Å². The molecule has 8 heteroatoms. The summed E-state index contributed by atoms with van der Waals surface area (Å²) in [6.45, 7) is 6.37. The fourth-order valence-corrected chi connectivity index (χ4v) is 3.77. The fourth-order valence-electron chi connectivity index (χ4n) is 3.77. The van der Waals surface area contributed by atoms with E-state index in [1.54, 1.807) is 21.3 Å². The van der Waals surface area contributed by atoms with Crippen molar-refractivity contribution in [3.8, 4) is 17.2 Å². The standard InChI is InChI=1S/C24H34N4O3.HI/c1-5-25-24(27-16-19-9-10-22(30-3)14-23(19)31-4)26-15-18-11-12-28(17-18)20-7-6-8-21(13-20)29-2;/h6-10,13-14,18H,5,11-12,15-17H2,1-4H3,(H2,25,26,27);1H. The summed E-state index contributed by atoms with van der Waals surface area (Å²) in [5, 5.41) is 6.85. The lowest BCUT2D eigenvalue weighted by atomic mass is 10.1. The smallest absolute Gasteiger partial charge is 0.191 e. The highest BCUT2D eigenvalue weighted by Gasteiger charge is 2.23. The van der Waals surface area contributed by atoms with Crippen LogP contribution in [0, 0.1) is 5.92 Å². The van der Waals surface area contributed by atoms with E-state index in [4.69, 9.17) is 19.2 Å². The van der Waals surface area contributed by atoms with Gasteiger partial charge in [-0.1, -0.05) is 6.07 Å². The third-order valence-corrected chi connectivity index (χ3v) is 5.51. The van der Waals surface area contributed by atoms with Crippen LogP contribution in [0.25, 0.3) is 0 Å². The summed E-state index contributed by atoms with van der Waals surface area (Å²) < 4.78 is 16.1. The molecule has 0 amide bonds. The number of benzene rings is 2. The summed E-state index contributed by atoms with van der Waals surface area (Å²) in [5.41, 5.74) is 2.24. The third-order valence-electron chi connectivity index (χ3n) is 5.51. The Morgan fingerprint density at radius 2 is 1.81 bits per heavy atom. The normalized spacial score (nSPS) is 15.7. The van der Waals surface area contributed by atoms with Crippen molar-refractivity contribution in [3.05, 3.63) is 48.0 Å². The van der Waals surface area contributed by atoms with Crippen LogP contribution in [0.4, 0.5) is 5.69 Å². The summed E-state index contributed by atoms with van der Waals surface area (Å²) in [5.74, 6) is 3.83. The molecule has 1 atom stereocenters. The maximum atomic E-state index is 5.49. The van der Waals surface area contributed by atoms with Gasteiger partial charge in [-0.25, -0.2) is 4.99 Å². The number of rotatable bonds is 9. The lowest BCUT2D eigenvalue weighted by Gasteiger charge is -2.20. The number of aliphatic imine (C=N–C) groups is 1. The van der Waals surface area contributed by atoms with Crippen LogP contribution in [0.1, 0.15) is 18.9 Å². The topological polar surface area (TPSA) is 67.4 Å². The van der Waals surface area contributed by atoms with Crippen molar-refractivity contribution in [2.45, 2.75) is 19.9 Å². The Labute approximate surface area is 208 Å². The maximum Gasteiger partial charge on any atom is 0.191 e. The molecule has 7 nitrogen and oxygen atoms in total. The van der Waals surface area contributed by atoms with Gasteiger partial charge in [-0.05, 0) is 43.5 Å². The first-order valence-corrected chi connectivity index (χ1v) is 10.8. The number of anilines is 1. The molecule has 1 aliphatic rings. The number of ether oxygens (including phenoxy) is 3. The van der Waals surface area contributed by atoms with Crippen molar-refractivity contribution in [1.82, 2.24) is 10.6 Å². The SMILES string of the molecule is CCNC(=NCc1ccc(OC)cc1OC)NCC1CCN(c2cccc(OC)c2)C1.I. The molecule has 1 fully saturated rings. The molecule has 2 aromatic carbocycles. The molecule has 2 aromatic rings. The number of nitrogens with zero attached hydrogens (tertiary/aromatic N) is 2. The van der Waals surface area contributed by atoms with E-state index in [9.17, 15) is 0 Å². The monoisotopic (exact) mass is 554 g/mol. The maximum absolute atomic E-state index is 5.49. The molecular formula is C24H35IN4O3. The molecule has 0 saturated carbocycles. The minimum Gasteiger partial charge on any atom is -0.497 e. The molecule has 2 N–H and O–H groups in total. The average Bonchev–Trinajstić information content (AvgIpc) is 3.30. The molecule has 1 saturated heterocycles. The van der Waals surface area contributed by atoms with Gasteiger partial charge >= 0.3 is 0 Å². The zero-order valence-electron chi connectivity index (χ0n) is 19.4. The first kappa shape index (κ1) is 25.9. The molecule has 0 aromatic heterocycles. The zero-order chi connectivity index (χ0) is 22.1. The van der Waals surface area contributed by atoms with E-state index in [1.165, 1.54) is 5.69 Å². The largest absolute Gasteiger partial charge is 0.497 e. The summed E-state index contributed by atoms with van der Waals surface area (Å²) in [6, 6.07) is 14.1. The summed E-state index contributed by atoms with van der Waals surface area (Å²) >= 11 is 0. The van der Waals surface area contributed by atoms with E-state index < -0.39 is 0 Å². The fraction of sp³-hybridized carbons (Fsp3) is 0.458. The predicted octanol–water partition coefficient (Wildman–Crippen LogP) is 3.91. The van der Waals surface area contributed by atoms with Crippen molar-refractivity contribution in [2.24, 2.45) is 10.9 Å². The van der Waals surface area contributed by atoms with Gasteiger partial charge in [0, 0.05) is 49.6 Å². The molecule has 0 radical (unpaired) electrons. The second-order valence-corrected chi connectivity index (χ2v) is 7.56. The van der Waals surface area contributed by atoms with Crippen molar-refractivity contribution < 1.29 is 14.2 Å². The van der Waals surface area contributed by atoms with E-state index in [2.05, 4.69) is 34.6 Å². The van der Waals surface area contributed by atoms with Gasteiger partial charge in [0.25, 0.3) is 0 Å². The number of halogens is 1. The van der Waals surface area contributed by atoms with Gasteiger partial charge in [0.1, 0.15) is 17.2 Å². The molecule has 1 unspecified atom stereocenters. The number of nitrogens with one attached hydrogen (secondary N) is 2. The van der Waals surface area contributed by atoms with E-state index in [0.29, 0.717) is 12.5 Å². The highest BCUT2D eigenvalue weighted by atomic mass is 127. The predicted molar refractivity (Wildman–Crippen MR) is 141 cm³/mol. The average molecular weight is 554 g/mol. The molecule has 32 heavy (non-hydrogen) atoms. The minimum atomic E-state index is 0. The van der Waals surface area contributed by atoms with Gasteiger partial charge < -0.3 is 29.7 Å². The summed E-state index contributed by atoms with van der Waals surface area (Å²) in [7, 11) is 5.02. The van der Waals surface area contributed by atoms with Crippen LogP contribution in [-0.4, -0.2) is 53.5 Å². The molecule has 176 valence electrons. The van der Waals surface area contributed by atoms with E-state index in [-0.39, 0.29) is 24.0 Å². The summed E-state index contributed by atoms with van der Waals surface area (Å²) in [4.78, 5) is 7.17. The Morgan fingerprint density at radius 1 is 1.03 bits per heavy atom. The van der Waals surface area contributed by atoms with Crippen LogP contribution >= 0.6 is 24.0 Å². The van der Waals surface area contributed by atoms with Gasteiger partial charge in [0.2, 0.25) is 0 Å². The number of hydrogen-bond acceptors (Lipinski definition) is 5. The zero-order valence-corrected chi connectivity index (χ0v) is 21.7. The van der Waals surface area contributed by atoms with Gasteiger partial charge in [0.15, 0.2) is 5.96 Å². The third kappa shape index (κ3) is 7.08. The Kier molecular flexibility index (Phi) is 10.7. The van der Waals surface area contributed by atoms with Crippen molar-refractivity contribution in [1.29, 1.82) is 0 Å². The lowest BCUT2D eigenvalue weighted by Crippen LogP contribution is -2.40. The highest BCUT2D eigenvalue weighted by Crippen LogP contribution is 2.27. The Hall–Kier alpha value is -2.36. The van der Waals surface area contributed by atoms with Crippen LogP contribution in [-0.2, 0) is 6.54 Å². The molecule has 1 heterocycles. The number of guanidine groups is 1. The first-order valence-electron chi connectivity index (χ1n) is 10.8. The number of methoxy groups -OCH3 is 3. The van der Waals surface area contributed by atoms with Crippen LogP contribution in [0.2, 0.25) is 0 Å². The minimum absolute atomic E-state index is 0. The Morgan fingerprint density at radius 3 is 2.53 bits per heavy atom. The Balaban J connectivity index is 0.00000363. The van der Waals surface area contributed by atoms with E-state index in [1.807, 2.05) is 30.3 Å². The lowest BCUT2D eigenvalue weighted by molar-refractivity contribution is 0.391. The van der Waals surface area contributed by atoms with E-state index >= 15 is 0 Å². The second kappa shape index (κ2) is 13.2. The van der Waals surface area contributed by atoms with Crippen LogP contribution in [0.5, 0.6) is 17.2 Å². The summed E-state index contributed by atoms with van der Waals surface area (Å²) in [6.07, 6.45) is 1.15. The molecule has 3 rings (SSSR count). The van der Waals surface area contributed by atoms with Gasteiger partial charge in [-0.15, -0.1) is 24.0 Å². The molecular weight excluding hydrogens is 519 g/mol. The van der Waals surface area contributed by atoms with Gasteiger partial charge in [0.05, 0.1) is 27.9 Å². The molecule has 1 aliphatic heterocycles. The number of hydrogen-bond donors (Lipinski definition) is 2. The first-order chi connectivity index (χ1) is 15.2. The van der Waals surface area contributed by atoms with Crippen molar-refractivity contribution in [3.63, 3.8) is 0 Å². The van der Waals surface area contributed by atoms with Crippen molar-refractivity contribution >= 4 is 35.6 Å². The molecule has 0 spiro atoms. The van der Waals surface area contributed by atoms with Gasteiger partial charge in [-0.3, -0.25) is 0 Å². The highest BCUT2D eigenvalue weighted by molar-refractivity contribution is 14.0. The quantitative estimate of drug-likeness (QED) is 0.279.